The van der Waals surface area contributed by atoms with Crippen LogP contribution in [0.1, 0.15) is 70.8 Å². The summed E-state index contributed by atoms with van der Waals surface area (Å²) in [4.78, 5) is 12.0. The first-order valence-corrected chi connectivity index (χ1v) is 9.20. The summed E-state index contributed by atoms with van der Waals surface area (Å²) in [5.74, 6) is -0.575. The Morgan fingerprint density at radius 1 is 1.00 bits per heavy atom. The number of carbonyl (C=O) groups excluding carboxylic acids is 1. The van der Waals surface area contributed by atoms with Gasteiger partial charge >= 0.3 is 5.97 Å². The Morgan fingerprint density at radius 3 is 2.25 bits per heavy atom. The summed E-state index contributed by atoms with van der Waals surface area (Å²) in [6.07, 6.45) is 8.51. The molecule has 1 rings (SSSR count). The van der Waals surface area contributed by atoms with Crippen LogP contribution in [-0.4, -0.2) is 18.7 Å². The SMILES string of the molecule is CCCCCCCCCC(OCc1ccc(F)cc1)C(=O)OCC. The van der Waals surface area contributed by atoms with Gasteiger partial charge in [-0.05, 0) is 31.0 Å². The first-order valence-electron chi connectivity index (χ1n) is 9.20. The maximum Gasteiger partial charge on any atom is 0.335 e. The van der Waals surface area contributed by atoms with E-state index in [1.807, 2.05) is 0 Å². The van der Waals surface area contributed by atoms with Crippen molar-refractivity contribution >= 4 is 5.97 Å². The fourth-order valence-electron chi connectivity index (χ4n) is 2.57. The van der Waals surface area contributed by atoms with E-state index in [2.05, 4.69) is 6.92 Å². The lowest BCUT2D eigenvalue weighted by Crippen LogP contribution is -2.26. The highest BCUT2D eigenvalue weighted by Gasteiger charge is 2.20. The molecule has 0 N–H and O–H groups in total. The van der Waals surface area contributed by atoms with Crippen LogP contribution in [0.5, 0.6) is 0 Å². The van der Waals surface area contributed by atoms with E-state index in [1.54, 1.807) is 19.1 Å². The quantitative estimate of drug-likeness (QED) is 0.356. The molecule has 0 heterocycles. The lowest BCUT2D eigenvalue weighted by atomic mass is 10.1. The predicted octanol–water partition coefficient (Wildman–Crippen LogP) is 5.41. The van der Waals surface area contributed by atoms with Crippen molar-refractivity contribution in [3.8, 4) is 0 Å². The van der Waals surface area contributed by atoms with Crippen LogP contribution in [0, 0.1) is 5.82 Å². The summed E-state index contributed by atoms with van der Waals surface area (Å²) < 4.78 is 23.7. The van der Waals surface area contributed by atoms with E-state index in [1.165, 1.54) is 44.2 Å². The van der Waals surface area contributed by atoms with Crippen LogP contribution in [0.4, 0.5) is 4.39 Å². The molecule has 0 radical (unpaired) electrons. The van der Waals surface area contributed by atoms with E-state index in [9.17, 15) is 9.18 Å². The summed E-state index contributed by atoms with van der Waals surface area (Å²) in [6.45, 7) is 4.65. The largest absolute Gasteiger partial charge is 0.464 e. The zero-order chi connectivity index (χ0) is 17.6. The Labute approximate surface area is 145 Å². The summed E-state index contributed by atoms with van der Waals surface area (Å²) in [5, 5.41) is 0. The number of halogens is 1. The zero-order valence-corrected chi connectivity index (χ0v) is 15.1. The van der Waals surface area contributed by atoms with E-state index >= 15 is 0 Å². The molecule has 0 aromatic heterocycles. The third kappa shape index (κ3) is 9.02. The fraction of sp³-hybridized carbons (Fsp3) is 0.650. The van der Waals surface area contributed by atoms with Crippen molar-refractivity contribution in [1.29, 1.82) is 0 Å². The van der Waals surface area contributed by atoms with Crippen LogP contribution in [0.15, 0.2) is 24.3 Å². The van der Waals surface area contributed by atoms with Gasteiger partial charge in [-0.15, -0.1) is 0 Å². The molecule has 1 unspecified atom stereocenters. The molecular formula is C20H31FO3. The molecule has 0 aliphatic rings. The van der Waals surface area contributed by atoms with Gasteiger partial charge in [-0.3, -0.25) is 0 Å². The molecule has 4 heteroatoms. The molecule has 1 aromatic carbocycles. The number of hydrogen-bond acceptors (Lipinski definition) is 3. The Balaban J connectivity index is 2.34. The minimum absolute atomic E-state index is 0.274. The third-order valence-electron chi connectivity index (χ3n) is 3.98. The summed E-state index contributed by atoms with van der Waals surface area (Å²) in [6, 6.07) is 6.14. The summed E-state index contributed by atoms with van der Waals surface area (Å²) >= 11 is 0. The molecule has 0 aliphatic carbocycles. The highest BCUT2D eigenvalue weighted by atomic mass is 19.1. The maximum absolute atomic E-state index is 12.9. The normalized spacial score (nSPS) is 12.1. The molecule has 136 valence electrons. The number of carbonyl (C=O) groups is 1. The molecule has 0 fully saturated rings. The first-order chi connectivity index (χ1) is 11.7. The Kier molecular flexibility index (Phi) is 11.1. The molecule has 0 saturated carbocycles. The van der Waals surface area contributed by atoms with Crippen LogP contribution < -0.4 is 0 Å². The molecule has 3 nitrogen and oxygen atoms in total. The molecular weight excluding hydrogens is 307 g/mol. The first kappa shape index (κ1) is 20.6. The second kappa shape index (κ2) is 12.9. The number of unbranched alkanes of at least 4 members (excludes halogenated alkanes) is 6. The van der Waals surface area contributed by atoms with Crippen LogP contribution in [-0.2, 0) is 20.9 Å². The van der Waals surface area contributed by atoms with Crippen LogP contribution in [0.25, 0.3) is 0 Å². The molecule has 0 bridgehead atoms. The lowest BCUT2D eigenvalue weighted by Gasteiger charge is -2.16. The van der Waals surface area contributed by atoms with Crippen molar-refractivity contribution in [1.82, 2.24) is 0 Å². The molecule has 0 aliphatic heterocycles. The van der Waals surface area contributed by atoms with Gasteiger partial charge in [-0.2, -0.15) is 0 Å². The smallest absolute Gasteiger partial charge is 0.335 e. The number of benzene rings is 1. The average molecular weight is 338 g/mol. The standard InChI is InChI=1S/C20H31FO3/c1-3-5-6-7-8-9-10-11-19(20(22)23-4-2)24-16-17-12-14-18(21)15-13-17/h12-15,19H,3-11,16H2,1-2H3. The minimum atomic E-state index is -0.536. The minimum Gasteiger partial charge on any atom is -0.464 e. The van der Waals surface area contributed by atoms with Gasteiger partial charge in [-0.1, -0.05) is 64.0 Å². The van der Waals surface area contributed by atoms with Crippen molar-refractivity contribution in [2.24, 2.45) is 0 Å². The molecule has 1 atom stereocenters. The van der Waals surface area contributed by atoms with E-state index in [0.29, 0.717) is 19.6 Å². The predicted molar refractivity (Wildman–Crippen MR) is 94.2 cm³/mol. The molecule has 0 amide bonds. The van der Waals surface area contributed by atoms with Gasteiger partial charge in [-0.25, -0.2) is 9.18 Å². The lowest BCUT2D eigenvalue weighted by molar-refractivity contribution is -0.158. The highest BCUT2D eigenvalue weighted by Crippen LogP contribution is 2.14. The second-order valence-electron chi connectivity index (χ2n) is 6.09. The van der Waals surface area contributed by atoms with E-state index in [0.717, 1.165) is 18.4 Å². The van der Waals surface area contributed by atoms with Gasteiger partial charge in [0.1, 0.15) is 5.82 Å². The Morgan fingerprint density at radius 2 is 1.62 bits per heavy atom. The van der Waals surface area contributed by atoms with E-state index in [4.69, 9.17) is 9.47 Å². The third-order valence-corrected chi connectivity index (χ3v) is 3.98. The van der Waals surface area contributed by atoms with Gasteiger partial charge in [0.2, 0.25) is 0 Å². The van der Waals surface area contributed by atoms with Crippen molar-refractivity contribution in [2.45, 2.75) is 77.9 Å². The molecule has 0 spiro atoms. The zero-order valence-electron chi connectivity index (χ0n) is 15.1. The monoisotopic (exact) mass is 338 g/mol. The van der Waals surface area contributed by atoms with Crippen LogP contribution in [0.3, 0.4) is 0 Å². The summed E-state index contributed by atoms with van der Waals surface area (Å²) in [5.41, 5.74) is 0.852. The van der Waals surface area contributed by atoms with Crippen molar-refractivity contribution < 1.29 is 18.7 Å². The van der Waals surface area contributed by atoms with Crippen LogP contribution >= 0.6 is 0 Å². The fourth-order valence-corrected chi connectivity index (χ4v) is 2.57. The van der Waals surface area contributed by atoms with Crippen molar-refractivity contribution in [3.63, 3.8) is 0 Å². The van der Waals surface area contributed by atoms with Crippen LogP contribution in [0.2, 0.25) is 0 Å². The number of hydrogen-bond donors (Lipinski definition) is 0. The Bertz CT molecular complexity index is 445. The van der Waals surface area contributed by atoms with Gasteiger partial charge in [0.25, 0.3) is 0 Å². The number of ether oxygens (including phenoxy) is 2. The van der Waals surface area contributed by atoms with Crippen molar-refractivity contribution in [2.75, 3.05) is 6.61 Å². The molecule has 1 aromatic rings. The molecule has 24 heavy (non-hydrogen) atoms. The maximum atomic E-state index is 12.9. The van der Waals surface area contributed by atoms with Gasteiger partial charge in [0.05, 0.1) is 13.2 Å². The van der Waals surface area contributed by atoms with Gasteiger partial charge in [0.15, 0.2) is 6.10 Å². The highest BCUT2D eigenvalue weighted by molar-refractivity contribution is 5.74. The summed E-state index contributed by atoms with van der Waals surface area (Å²) in [7, 11) is 0. The van der Waals surface area contributed by atoms with Crippen molar-refractivity contribution in [3.05, 3.63) is 35.6 Å². The van der Waals surface area contributed by atoms with E-state index < -0.39 is 6.10 Å². The molecule has 0 saturated heterocycles. The number of esters is 1. The topological polar surface area (TPSA) is 35.5 Å². The average Bonchev–Trinajstić information content (AvgIpc) is 2.58. The number of rotatable bonds is 13. The van der Waals surface area contributed by atoms with Gasteiger partial charge < -0.3 is 9.47 Å². The Hall–Kier alpha value is -1.42. The second-order valence-corrected chi connectivity index (χ2v) is 6.09. The van der Waals surface area contributed by atoms with E-state index in [-0.39, 0.29) is 11.8 Å². The van der Waals surface area contributed by atoms with Gasteiger partial charge in [0, 0.05) is 0 Å².